The van der Waals surface area contributed by atoms with Crippen LogP contribution in [0.25, 0.3) is 0 Å². The van der Waals surface area contributed by atoms with Crippen molar-refractivity contribution in [2.45, 2.75) is 19.3 Å². The Morgan fingerprint density at radius 2 is 1.60 bits per heavy atom. The monoisotopic (exact) mass is 357 g/mol. The van der Waals surface area contributed by atoms with Gasteiger partial charge in [-0.2, -0.15) is 0 Å². The molecule has 2 aromatic carbocycles. The van der Waals surface area contributed by atoms with E-state index in [1.165, 1.54) is 0 Å². The lowest BCUT2D eigenvalue weighted by Crippen LogP contribution is -2.32. The summed E-state index contributed by atoms with van der Waals surface area (Å²) in [5.74, 6) is -0.120. The molecule has 0 unspecified atom stereocenters. The maximum atomic E-state index is 12.2. The molecule has 25 heavy (non-hydrogen) atoms. The maximum Gasteiger partial charge on any atom is 0.321 e. The molecule has 0 atom stereocenters. The van der Waals surface area contributed by atoms with E-state index in [2.05, 4.69) is 10.6 Å². The van der Waals surface area contributed by atoms with E-state index in [0.29, 0.717) is 16.4 Å². The molecule has 0 aliphatic carbocycles. The molecule has 0 spiro atoms. The third-order valence-electron chi connectivity index (χ3n) is 4.07. The van der Waals surface area contributed by atoms with Crippen molar-refractivity contribution in [2.75, 3.05) is 23.7 Å². The van der Waals surface area contributed by atoms with Crippen LogP contribution in [0.3, 0.4) is 0 Å². The minimum atomic E-state index is -0.120. The van der Waals surface area contributed by atoms with Crippen LogP contribution < -0.4 is 10.6 Å². The quantitative estimate of drug-likeness (QED) is 0.863. The molecule has 5 nitrogen and oxygen atoms in total. The number of hydrogen-bond acceptors (Lipinski definition) is 2. The molecule has 1 saturated heterocycles. The first-order valence-electron chi connectivity index (χ1n) is 8.30. The van der Waals surface area contributed by atoms with E-state index in [1.54, 1.807) is 35.2 Å². The van der Waals surface area contributed by atoms with Crippen LogP contribution in [-0.4, -0.2) is 29.9 Å². The highest BCUT2D eigenvalue weighted by Crippen LogP contribution is 2.18. The van der Waals surface area contributed by atoms with Crippen molar-refractivity contribution in [1.82, 2.24) is 4.90 Å². The second-order valence-electron chi connectivity index (χ2n) is 6.06. The van der Waals surface area contributed by atoms with Crippen molar-refractivity contribution in [2.24, 2.45) is 0 Å². The first-order valence-corrected chi connectivity index (χ1v) is 8.68. The summed E-state index contributed by atoms with van der Waals surface area (Å²) in [5, 5.41) is 6.37. The van der Waals surface area contributed by atoms with E-state index in [-0.39, 0.29) is 18.4 Å². The Bertz CT molecular complexity index is 756. The Kier molecular flexibility index (Phi) is 5.56. The van der Waals surface area contributed by atoms with Gasteiger partial charge < -0.3 is 15.5 Å². The van der Waals surface area contributed by atoms with Crippen molar-refractivity contribution in [1.29, 1.82) is 0 Å². The molecule has 6 heteroatoms. The number of amides is 3. The zero-order valence-electron chi connectivity index (χ0n) is 13.8. The highest BCUT2D eigenvalue weighted by molar-refractivity contribution is 6.30. The van der Waals surface area contributed by atoms with Gasteiger partial charge in [-0.15, -0.1) is 0 Å². The Balaban J connectivity index is 1.58. The summed E-state index contributed by atoms with van der Waals surface area (Å²) in [6.07, 6.45) is 2.37. The van der Waals surface area contributed by atoms with Gasteiger partial charge >= 0.3 is 6.03 Å². The first-order chi connectivity index (χ1) is 12.1. The molecule has 1 fully saturated rings. The number of rotatable bonds is 4. The number of benzene rings is 2. The van der Waals surface area contributed by atoms with Crippen LogP contribution in [0.15, 0.2) is 48.5 Å². The van der Waals surface area contributed by atoms with Crippen LogP contribution in [0.1, 0.15) is 18.4 Å². The molecule has 1 heterocycles. The van der Waals surface area contributed by atoms with Gasteiger partial charge in [-0.05, 0) is 48.7 Å². The van der Waals surface area contributed by atoms with Gasteiger partial charge in [0, 0.05) is 29.5 Å². The van der Waals surface area contributed by atoms with E-state index in [9.17, 15) is 9.59 Å². The van der Waals surface area contributed by atoms with E-state index in [4.69, 9.17) is 11.6 Å². The largest absolute Gasteiger partial charge is 0.326 e. The van der Waals surface area contributed by atoms with Gasteiger partial charge in [0.25, 0.3) is 0 Å². The molecular formula is C19H20ClN3O2. The number of nitrogens with one attached hydrogen (secondary N) is 2. The molecule has 0 aromatic heterocycles. The molecule has 3 amide bonds. The normalized spacial score (nSPS) is 13.6. The summed E-state index contributed by atoms with van der Waals surface area (Å²) < 4.78 is 0. The van der Waals surface area contributed by atoms with Crippen molar-refractivity contribution < 1.29 is 9.59 Å². The fourth-order valence-electron chi connectivity index (χ4n) is 2.79. The number of nitrogens with zero attached hydrogens (tertiary/aromatic N) is 1. The summed E-state index contributed by atoms with van der Waals surface area (Å²) in [7, 11) is 0. The molecule has 2 N–H and O–H groups in total. The summed E-state index contributed by atoms with van der Waals surface area (Å²) >= 11 is 5.85. The van der Waals surface area contributed by atoms with Crippen LogP contribution in [0.2, 0.25) is 5.02 Å². The molecule has 1 aliphatic heterocycles. The van der Waals surface area contributed by atoms with Gasteiger partial charge in [0.05, 0.1) is 6.42 Å². The molecular weight excluding hydrogens is 338 g/mol. The molecule has 0 radical (unpaired) electrons. The first kappa shape index (κ1) is 17.3. The van der Waals surface area contributed by atoms with Crippen molar-refractivity contribution >= 4 is 34.9 Å². The molecule has 1 aliphatic rings. The van der Waals surface area contributed by atoms with Gasteiger partial charge in [0.15, 0.2) is 0 Å². The van der Waals surface area contributed by atoms with Crippen LogP contribution in [-0.2, 0) is 11.2 Å². The number of likely N-dealkylation sites (tertiary alicyclic amines) is 1. The zero-order chi connectivity index (χ0) is 17.6. The molecule has 3 rings (SSSR count). The Morgan fingerprint density at radius 1 is 0.960 bits per heavy atom. The number of urea groups is 1. The molecule has 0 saturated carbocycles. The average Bonchev–Trinajstić information content (AvgIpc) is 3.12. The minimum absolute atomic E-state index is 0.0952. The zero-order valence-corrected chi connectivity index (χ0v) is 14.6. The van der Waals surface area contributed by atoms with Crippen molar-refractivity contribution in [3.8, 4) is 0 Å². The lowest BCUT2D eigenvalue weighted by molar-refractivity contribution is -0.115. The fraction of sp³-hybridized carbons (Fsp3) is 0.263. The number of carbonyl (C=O) groups is 2. The van der Waals surface area contributed by atoms with Crippen LogP contribution in [0.4, 0.5) is 16.2 Å². The van der Waals surface area contributed by atoms with E-state index in [1.807, 2.05) is 18.2 Å². The maximum absolute atomic E-state index is 12.2. The number of anilines is 2. The number of halogens is 1. The summed E-state index contributed by atoms with van der Waals surface area (Å²) in [6, 6.07) is 14.3. The second-order valence-corrected chi connectivity index (χ2v) is 6.49. The Morgan fingerprint density at radius 3 is 2.28 bits per heavy atom. The van der Waals surface area contributed by atoms with Crippen LogP contribution in [0.5, 0.6) is 0 Å². The second kappa shape index (κ2) is 8.03. The SMILES string of the molecule is O=C(Cc1ccc(Cl)cc1)Nc1cccc(NC(=O)N2CCCC2)c1. The topological polar surface area (TPSA) is 61.4 Å². The number of carbonyl (C=O) groups excluding carboxylic acids is 2. The fourth-order valence-corrected chi connectivity index (χ4v) is 2.92. The predicted octanol–water partition coefficient (Wildman–Crippen LogP) is 4.15. The van der Waals surface area contributed by atoms with Gasteiger partial charge in [0.2, 0.25) is 5.91 Å². The highest BCUT2D eigenvalue weighted by atomic mass is 35.5. The van der Waals surface area contributed by atoms with Crippen LogP contribution >= 0.6 is 11.6 Å². The summed E-state index contributed by atoms with van der Waals surface area (Å²) in [5.41, 5.74) is 2.21. The Hall–Kier alpha value is -2.53. The van der Waals surface area contributed by atoms with E-state index >= 15 is 0 Å². The van der Waals surface area contributed by atoms with Gasteiger partial charge in [-0.25, -0.2) is 4.79 Å². The molecule has 2 aromatic rings. The van der Waals surface area contributed by atoms with Gasteiger partial charge in [0.1, 0.15) is 0 Å². The average molecular weight is 358 g/mol. The lowest BCUT2D eigenvalue weighted by Gasteiger charge is -2.16. The lowest BCUT2D eigenvalue weighted by atomic mass is 10.1. The van der Waals surface area contributed by atoms with Gasteiger partial charge in [-0.1, -0.05) is 29.8 Å². The smallest absolute Gasteiger partial charge is 0.321 e. The number of hydrogen-bond donors (Lipinski definition) is 2. The Labute approximate surface area is 152 Å². The van der Waals surface area contributed by atoms with E-state index in [0.717, 1.165) is 31.5 Å². The predicted molar refractivity (Wildman–Crippen MR) is 100 cm³/mol. The van der Waals surface area contributed by atoms with Crippen LogP contribution in [0, 0.1) is 0 Å². The summed E-state index contributed by atoms with van der Waals surface area (Å²) in [4.78, 5) is 26.1. The third kappa shape index (κ3) is 4.97. The van der Waals surface area contributed by atoms with Gasteiger partial charge in [-0.3, -0.25) is 4.79 Å². The third-order valence-corrected chi connectivity index (χ3v) is 4.32. The minimum Gasteiger partial charge on any atom is -0.326 e. The molecule has 130 valence electrons. The van der Waals surface area contributed by atoms with Crippen molar-refractivity contribution in [3.05, 3.63) is 59.1 Å². The highest BCUT2D eigenvalue weighted by Gasteiger charge is 2.17. The standard InChI is InChI=1S/C19H20ClN3O2/c20-15-8-6-14(7-9-15)12-18(24)21-16-4-3-5-17(13-16)22-19(25)23-10-1-2-11-23/h3-9,13H,1-2,10-12H2,(H,21,24)(H,22,25). The molecule has 0 bridgehead atoms. The summed E-state index contributed by atoms with van der Waals surface area (Å²) in [6.45, 7) is 1.59. The van der Waals surface area contributed by atoms with E-state index < -0.39 is 0 Å². The van der Waals surface area contributed by atoms with Crippen molar-refractivity contribution in [3.63, 3.8) is 0 Å².